The fraction of sp³-hybridized carbons (Fsp3) is 0.308. The van der Waals surface area contributed by atoms with Crippen LogP contribution in [0.5, 0.6) is 0 Å². The molecule has 7 heteroatoms. The van der Waals surface area contributed by atoms with E-state index >= 15 is 0 Å². The number of aromatic carboxylic acids is 1. The van der Waals surface area contributed by atoms with E-state index in [-0.39, 0.29) is 18.7 Å². The number of amides is 1. The Hall–Kier alpha value is -2.57. The number of carboxylic acids is 1. The van der Waals surface area contributed by atoms with Gasteiger partial charge in [0.05, 0.1) is 12.1 Å². The van der Waals surface area contributed by atoms with Crippen molar-refractivity contribution in [3.63, 3.8) is 0 Å². The van der Waals surface area contributed by atoms with E-state index in [4.69, 9.17) is 9.84 Å². The van der Waals surface area contributed by atoms with E-state index in [1.165, 1.54) is 11.0 Å². The largest absolute Gasteiger partial charge is 0.478 e. The summed E-state index contributed by atoms with van der Waals surface area (Å²) in [7, 11) is 0. The van der Waals surface area contributed by atoms with Gasteiger partial charge in [0.25, 0.3) is 0 Å². The van der Waals surface area contributed by atoms with Crippen LogP contribution in [-0.2, 0) is 17.7 Å². The van der Waals surface area contributed by atoms with Crippen molar-refractivity contribution in [3.05, 3.63) is 45.9 Å². The highest BCUT2D eigenvalue weighted by molar-refractivity contribution is 5.89. The van der Waals surface area contributed by atoms with Crippen LogP contribution in [0.1, 0.15) is 21.6 Å². The zero-order chi connectivity index (χ0) is 14.7. The number of rotatable bonds is 3. The van der Waals surface area contributed by atoms with Crippen LogP contribution in [0.15, 0.2) is 23.5 Å². The van der Waals surface area contributed by atoms with Gasteiger partial charge in [0.2, 0.25) is 5.56 Å². The number of aromatic nitrogens is 1. The van der Waals surface area contributed by atoms with E-state index in [0.717, 1.165) is 6.07 Å². The maximum atomic E-state index is 11.8. The van der Waals surface area contributed by atoms with Crippen molar-refractivity contribution in [2.45, 2.75) is 13.0 Å². The van der Waals surface area contributed by atoms with Crippen LogP contribution in [0.3, 0.4) is 0 Å². The van der Waals surface area contributed by atoms with E-state index in [1.54, 1.807) is 0 Å². The Morgan fingerprint density at radius 2 is 2.30 bits per heavy atom. The lowest BCUT2D eigenvalue weighted by molar-refractivity contribution is 0.0690. The average Bonchev–Trinajstić information content (AvgIpc) is 2.43. The number of hydrogen-bond donors (Lipinski definition) is 2. The van der Waals surface area contributed by atoms with Crippen LogP contribution >= 0.6 is 0 Å². The summed E-state index contributed by atoms with van der Waals surface area (Å²) in [4.78, 5) is 38.3. The number of ether oxygens (including phenoxy) is 1. The first kappa shape index (κ1) is 13.9. The molecule has 2 N–H and O–H groups in total. The molecule has 106 valence electrons. The van der Waals surface area contributed by atoms with E-state index < -0.39 is 17.6 Å². The van der Waals surface area contributed by atoms with Crippen LogP contribution in [0.4, 0.5) is 4.79 Å². The summed E-state index contributed by atoms with van der Waals surface area (Å²) < 4.78 is 4.92. The standard InChI is InChI=1S/C13H14N2O5/c1-2-5-20-13(19)15-4-3-10-9(7-15)8(12(17)18)6-11(16)14-10/h2,6H,1,3-5,7H2,(H,14,16)(H,17,18). The van der Waals surface area contributed by atoms with Crippen molar-refractivity contribution >= 4 is 12.1 Å². The number of nitrogens with one attached hydrogen (secondary N) is 1. The lowest BCUT2D eigenvalue weighted by atomic mass is 10.0. The van der Waals surface area contributed by atoms with Gasteiger partial charge in [0.15, 0.2) is 0 Å². The molecule has 2 rings (SSSR count). The third kappa shape index (κ3) is 2.71. The quantitative estimate of drug-likeness (QED) is 0.795. The van der Waals surface area contributed by atoms with E-state index in [9.17, 15) is 14.4 Å². The van der Waals surface area contributed by atoms with Crippen molar-refractivity contribution in [2.24, 2.45) is 0 Å². The van der Waals surface area contributed by atoms with Gasteiger partial charge in [0.1, 0.15) is 6.61 Å². The Morgan fingerprint density at radius 1 is 1.55 bits per heavy atom. The van der Waals surface area contributed by atoms with Crippen LogP contribution in [0, 0.1) is 0 Å². The number of fused-ring (bicyclic) bond motifs is 1. The molecule has 20 heavy (non-hydrogen) atoms. The van der Waals surface area contributed by atoms with Gasteiger partial charge in [-0.25, -0.2) is 9.59 Å². The molecule has 1 aromatic rings. The minimum atomic E-state index is -1.19. The Balaban J connectivity index is 2.29. The smallest absolute Gasteiger partial charge is 0.410 e. The summed E-state index contributed by atoms with van der Waals surface area (Å²) in [6, 6.07) is 1.03. The predicted molar refractivity (Wildman–Crippen MR) is 69.7 cm³/mol. The summed E-state index contributed by atoms with van der Waals surface area (Å²) in [5.41, 5.74) is 0.468. The molecule has 1 amide bonds. The van der Waals surface area contributed by atoms with Crippen LogP contribution in [0.2, 0.25) is 0 Å². The molecule has 1 aromatic heterocycles. The number of carboxylic acid groups (broad SMARTS) is 1. The third-order valence-corrected chi connectivity index (χ3v) is 3.03. The summed E-state index contributed by atoms with van der Waals surface area (Å²) in [5, 5.41) is 9.13. The lowest BCUT2D eigenvalue weighted by Crippen LogP contribution is -2.38. The Morgan fingerprint density at radius 3 is 2.95 bits per heavy atom. The van der Waals surface area contributed by atoms with Crippen molar-refractivity contribution in [1.82, 2.24) is 9.88 Å². The van der Waals surface area contributed by atoms with Gasteiger partial charge in [-0.2, -0.15) is 0 Å². The van der Waals surface area contributed by atoms with Gasteiger partial charge in [-0.15, -0.1) is 0 Å². The molecule has 0 aliphatic carbocycles. The maximum Gasteiger partial charge on any atom is 0.410 e. The highest BCUT2D eigenvalue weighted by Gasteiger charge is 2.26. The van der Waals surface area contributed by atoms with Gasteiger partial charge in [-0.05, 0) is 0 Å². The monoisotopic (exact) mass is 278 g/mol. The molecule has 2 heterocycles. The van der Waals surface area contributed by atoms with Crippen LogP contribution < -0.4 is 5.56 Å². The highest BCUT2D eigenvalue weighted by atomic mass is 16.6. The Bertz CT molecular complexity index is 620. The number of nitrogens with zero attached hydrogens (tertiary/aromatic N) is 1. The SMILES string of the molecule is C=CCOC(=O)N1CCc2[nH]c(=O)cc(C(=O)O)c2C1. The second-order valence-electron chi connectivity index (χ2n) is 4.35. The zero-order valence-electron chi connectivity index (χ0n) is 10.7. The first-order valence-electron chi connectivity index (χ1n) is 6.04. The molecular weight excluding hydrogens is 264 g/mol. The minimum absolute atomic E-state index is 0.0787. The number of carbonyl (C=O) groups excluding carboxylic acids is 1. The lowest BCUT2D eigenvalue weighted by Gasteiger charge is -2.28. The number of carbonyl (C=O) groups is 2. The van der Waals surface area contributed by atoms with E-state index in [1.807, 2.05) is 0 Å². The first-order valence-corrected chi connectivity index (χ1v) is 6.04. The molecular formula is C13H14N2O5. The number of aromatic amines is 1. The van der Waals surface area contributed by atoms with E-state index in [2.05, 4.69) is 11.6 Å². The summed E-state index contributed by atoms with van der Waals surface area (Å²) >= 11 is 0. The molecule has 0 saturated carbocycles. The molecule has 0 fully saturated rings. The summed E-state index contributed by atoms with van der Waals surface area (Å²) in [6.45, 7) is 4.01. The number of hydrogen-bond acceptors (Lipinski definition) is 4. The number of H-pyrrole nitrogens is 1. The van der Waals surface area contributed by atoms with Crippen molar-refractivity contribution in [1.29, 1.82) is 0 Å². The molecule has 0 bridgehead atoms. The van der Waals surface area contributed by atoms with Crippen molar-refractivity contribution in [3.8, 4) is 0 Å². The molecule has 0 atom stereocenters. The molecule has 1 aliphatic rings. The average molecular weight is 278 g/mol. The number of pyridine rings is 1. The van der Waals surface area contributed by atoms with Gasteiger partial charge in [0, 0.05) is 30.3 Å². The minimum Gasteiger partial charge on any atom is -0.478 e. The predicted octanol–water partition coefficient (Wildman–Crippen LogP) is 0.754. The topological polar surface area (TPSA) is 99.7 Å². The van der Waals surface area contributed by atoms with Crippen molar-refractivity contribution in [2.75, 3.05) is 13.2 Å². The second kappa shape index (κ2) is 5.60. The second-order valence-corrected chi connectivity index (χ2v) is 4.35. The fourth-order valence-corrected chi connectivity index (χ4v) is 2.12. The van der Waals surface area contributed by atoms with Crippen LogP contribution in [0.25, 0.3) is 0 Å². The molecule has 0 spiro atoms. The molecule has 0 radical (unpaired) electrons. The van der Waals surface area contributed by atoms with Gasteiger partial charge in [-0.3, -0.25) is 4.79 Å². The first-order chi connectivity index (χ1) is 9.52. The van der Waals surface area contributed by atoms with Crippen LogP contribution in [-0.4, -0.2) is 40.2 Å². The maximum absolute atomic E-state index is 11.8. The molecule has 0 aromatic carbocycles. The third-order valence-electron chi connectivity index (χ3n) is 3.03. The normalized spacial score (nSPS) is 13.5. The molecule has 1 aliphatic heterocycles. The van der Waals surface area contributed by atoms with Gasteiger partial charge in [-0.1, -0.05) is 12.7 Å². The molecule has 0 saturated heterocycles. The zero-order valence-corrected chi connectivity index (χ0v) is 10.7. The molecule has 0 unspecified atom stereocenters. The van der Waals surface area contributed by atoms with Crippen molar-refractivity contribution < 1.29 is 19.4 Å². The van der Waals surface area contributed by atoms with Gasteiger partial charge < -0.3 is 19.7 Å². The Kier molecular flexibility index (Phi) is 3.88. The fourth-order valence-electron chi connectivity index (χ4n) is 2.12. The Labute approximate surface area is 114 Å². The van der Waals surface area contributed by atoms with E-state index in [0.29, 0.717) is 24.2 Å². The summed E-state index contributed by atoms with van der Waals surface area (Å²) in [5.74, 6) is -1.19. The highest BCUT2D eigenvalue weighted by Crippen LogP contribution is 2.20. The molecule has 7 nitrogen and oxygen atoms in total. The van der Waals surface area contributed by atoms with Gasteiger partial charge >= 0.3 is 12.1 Å². The summed E-state index contributed by atoms with van der Waals surface area (Å²) in [6.07, 6.45) is 1.31.